The van der Waals surface area contributed by atoms with Crippen LogP contribution < -0.4 is 0 Å². The van der Waals surface area contributed by atoms with Crippen molar-refractivity contribution in [2.75, 3.05) is 0 Å². The third kappa shape index (κ3) is 5.32. The quantitative estimate of drug-likeness (QED) is 0.440. The van der Waals surface area contributed by atoms with Gasteiger partial charge in [-0.25, -0.2) is 0 Å². The second kappa shape index (κ2) is 9.03. The molecule has 0 atom stereocenters. The fourth-order valence-electron chi connectivity index (χ4n) is 3.17. The van der Waals surface area contributed by atoms with Crippen LogP contribution in [0.2, 0.25) is 0 Å². The molecular weight excluding hydrogens is 426 g/mol. The summed E-state index contributed by atoms with van der Waals surface area (Å²) in [6.45, 7) is 11.4. The molecule has 0 saturated carbocycles. The Bertz CT molecular complexity index is 738. The Kier molecular flexibility index (Phi) is 7.57. The van der Waals surface area contributed by atoms with Gasteiger partial charge in [-0.1, -0.05) is 88.7 Å². The van der Waals surface area contributed by atoms with Crippen LogP contribution in [-0.4, -0.2) is 0 Å². The summed E-state index contributed by atoms with van der Waals surface area (Å²) in [6.07, 6.45) is 3.52. The molecule has 0 spiro atoms. The summed E-state index contributed by atoms with van der Waals surface area (Å²) >= 11 is -0.826. The number of halogens is 2. The molecule has 2 aromatic carbocycles. The average molecular weight is 453 g/mol. The van der Waals surface area contributed by atoms with Gasteiger partial charge in [0.1, 0.15) is 0 Å². The van der Waals surface area contributed by atoms with Gasteiger partial charge in [-0.3, -0.25) is 0 Å². The van der Waals surface area contributed by atoms with Gasteiger partial charge in [0, 0.05) is 0 Å². The zero-order chi connectivity index (χ0) is 18.6. The SMILES string of the molecule is CC(C)C1=Cc2c(cccc2-c2ccc(C(C)(C)C)cc2)C1.[Cl][Zr][Cl]. The maximum atomic E-state index is 4.93. The summed E-state index contributed by atoms with van der Waals surface area (Å²) < 4.78 is 0. The molecule has 2 aromatic rings. The van der Waals surface area contributed by atoms with E-state index in [1.165, 1.54) is 27.8 Å². The minimum atomic E-state index is -0.826. The number of fused-ring (bicyclic) bond motifs is 1. The first-order chi connectivity index (χ1) is 11.8. The van der Waals surface area contributed by atoms with E-state index in [0.29, 0.717) is 5.92 Å². The van der Waals surface area contributed by atoms with Crippen LogP contribution in [0.3, 0.4) is 0 Å². The Hall–Kier alpha value is -0.357. The van der Waals surface area contributed by atoms with Gasteiger partial charge in [0.05, 0.1) is 0 Å². The monoisotopic (exact) mass is 450 g/mol. The molecule has 0 N–H and O–H groups in total. The van der Waals surface area contributed by atoms with Crippen LogP contribution in [0.25, 0.3) is 17.2 Å². The van der Waals surface area contributed by atoms with Gasteiger partial charge < -0.3 is 0 Å². The Morgan fingerprint density at radius 2 is 1.56 bits per heavy atom. The molecule has 0 radical (unpaired) electrons. The molecule has 0 fully saturated rings. The standard InChI is InChI=1S/C22H26.2ClH.Zr/c1-15(2)18-13-17-7-6-8-20(21(17)14-18)16-9-11-19(12-10-16)22(3,4)5;;;/h6-12,14-15H,13H2,1-5H3;2*1H;/q;;;+2/p-2. The summed E-state index contributed by atoms with van der Waals surface area (Å²) in [7, 11) is 9.87. The van der Waals surface area contributed by atoms with Crippen LogP contribution in [0.5, 0.6) is 0 Å². The predicted molar refractivity (Wildman–Crippen MR) is 109 cm³/mol. The van der Waals surface area contributed by atoms with E-state index in [4.69, 9.17) is 17.0 Å². The van der Waals surface area contributed by atoms with E-state index in [-0.39, 0.29) is 5.41 Å². The van der Waals surface area contributed by atoms with Crippen molar-refractivity contribution in [2.24, 2.45) is 5.92 Å². The molecule has 0 bridgehead atoms. The van der Waals surface area contributed by atoms with Crippen LogP contribution in [0.4, 0.5) is 0 Å². The molecule has 0 aliphatic heterocycles. The predicted octanol–water partition coefficient (Wildman–Crippen LogP) is 7.62. The molecule has 0 nitrogen and oxygen atoms in total. The van der Waals surface area contributed by atoms with Crippen LogP contribution >= 0.6 is 17.0 Å². The van der Waals surface area contributed by atoms with Crippen LogP contribution in [0.15, 0.2) is 48.0 Å². The van der Waals surface area contributed by atoms with Crippen molar-refractivity contribution in [1.82, 2.24) is 0 Å². The van der Waals surface area contributed by atoms with Gasteiger partial charge in [0.15, 0.2) is 0 Å². The summed E-state index contributed by atoms with van der Waals surface area (Å²) in [5.74, 6) is 0.628. The molecule has 0 unspecified atom stereocenters. The van der Waals surface area contributed by atoms with Gasteiger partial charge in [-0.15, -0.1) is 0 Å². The number of allylic oxidation sites excluding steroid dienone is 1. The van der Waals surface area contributed by atoms with E-state index in [1.54, 1.807) is 5.57 Å². The number of hydrogen-bond donors (Lipinski definition) is 0. The topological polar surface area (TPSA) is 0 Å². The fraction of sp³-hybridized carbons (Fsp3) is 0.364. The van der Waals surface area contributed by atoms with Crippen molar-refractivity contribution >= 4 is 23.1 Å². The van der Waals surface area contributed by atoms with Crippen molar-refractivity contribution < 1.29 is 20.8 Å². The maximum absolute atomic E-state index is 4.93. The Morgan fingerprint density at radius 3 is 2.08 bits per heavy atom. The fourth-order valence-corrected chi connectivity index (χ4v) is 3.17. The third-order valence-electron chi connectivity index (χ3n) is 4.72. The molecule has 0 saturated heterocycles. The molecular formula is C22H26Cl2Zr. The molecule has 1 aliphatic carbocycles. The van der Waals surface area contributed by atoms with E-state index in [2.05, 4.69) is 83.2 Å². The number of rotatable bonds is 2. The molecule has 3 heteroatoms. The third-order valence-corrected chi connectivity index (χ3v) is 4.72. The Balaban J connectivity index is 0.000000701. The van der Waals surface area contributed by atoms with Crippen molar-refractivity contribution in [2.45, 2.75) is 46.5 Å². The van der Waals surface area contributed by atoms with Crippen molar-refractivity contribution in [1.29, 1.82) is 0 Å². The average Bonchev–Trinajstić information content (AvgIpc) is 2.99. The molecule has 0 aromatic heterocycles. The van der Waals surface area contributed by atoms with Gasteiger partial charge in [0.25, 0.3) is 0 Å². The van der Waals surface area contributed by atoms with E-state index >= 15 is 0 Å². The van der Waals surface area contributed by atoms with Gasteiger partial charge in [-0.2, -0.15) is 0 Å². The zero-order valence-electron chi connectivity index (χ0n) is 15.7. The summed E-state index contributed by atoms with van der Waals surface area (Å²) in [4.78, 5) is 0. The van der Waals surface area contributed by atoms with Crippen molar-refractivity contribution in [3.63, 3.8) is 0 Å². The summed E-state index contributed by atoms with van der Waals surface area (Å²) in [6, 6.07) is 15.8. The van der Waals surface area contributed by atoms with Crippen LogP contribution in [0, 0.1) is 5.92 Å². The zero-order valence-corrected chi connectivity index (χ0v) is 19.6. The van der Waals surface area contributed by atoms with Gasteiger partial charge in [0.2, 0.25) is 0 Å². The van der Waals surface area contributed by atoms with Gasteiger partial charge in [-0.05, 0) is 45.6 Å². The van der Waals surface area contributed by atoms with E-state index in [9.17, 15) is 0 Å². The van der Waals surface area contributed by atoms with E-state index in [1.807, 2.05) is 0 Å². The second-order valence-corrected chi connectivity index (χ2v) is 11.6. The van der Waals surface area contributed by atoms with E-state index in [0.717, 1.165) is 6.42 Å². The van der Waals surface area contributed by atoms with Crippen molar-refractivity contribution in [3.05, 3.63) is 64.7 Å². The first-order valence-electron chi connectivity index (χ1n) is 8.67. The molecule has 0 amide bonds. The normalized spacial score (nSPS) is 13.0. The molecule has 132 valence electrons. The van der Waals surface area contributed by atoms with Crippen molar-refractivity contribution in [3.8, 4) is 11.1 Å². The Labute approximate surface area is 171 Å². The summed E-state index contributed by atoms with van der Waals surface area (Å²) in [5, 5.41) is 0. The first kappa shape index (κ1) is 20.9. The molecule has 25 heavy (non-hydrogen) atoms. The number of hydrogen-bond acceptors (Lipinski definition) is 0. The minimum absolute atomic E-state index is 0.210. The molecule has 1 aliphatic rings. The first-order valence-corrected chi connectivity index (χ1v) is 15.0. The Morgan fingerprint density at radius 1 is 0.960 bits per heavy atom. The molecule has 0 heterocycles. The van der Waals surface area contributed by atoms with Crippen LogP contribution in [0.1, 0.15) is 51.3 Å². The number of benzene rings is 2. The summed E-state index contributed by atoms with van der Waals surface area (Å²) in [5.41, 5.74) is 8.74. The van der Waals surface area contributed by atoms with Gasteiger partial charge >= 0.3 is 37.9 Å². The molecule has 3 rings (SSSR count). The van der Waals surface area contributed by atoms with Crippen LogP contribution in [-0.2, 0) is 32.7 Å². The van der Waals surface area contributed by atoms with E-state index < -0.39 is 20.8 Å². The second-order valence-electron chi connectivity index (χ2n) is 7.83.